The highest BCUT2D eigenvalue weighted by Gasteiger charge is 2.13. The summed E-state index contributed by atoms with van der Waals surface area (Å²) < 4.78 is 0. The van der Waals surface area contributed by atoms with Crippen molar-refractivity contribution in [2.24, 2.45) is 5.73 Å². The number of aromatic nitrogens is 2. The highest BCUT2D eigenvalue weighted by Crippen LogP contribution is 2.25. The average molecular weight is 255 g/mol. The van der Waals surface area contributed by atoms with Gasteiger partial charge < -0.3 is 5.73 Å². The molecule has 0 fully saturated rings. The monoisotopic (exact) mass is 255 g/mol. The van der Waals surface area contributed by atoms with E-state index in [9.17, 15) is 0 Å². The van der Waals surface area contributed by atoms with Gasteiger partial charge in [0, 0.05) is 9.75 Å². The predicted molar refractivity (Wildman–Crippen MR) is 74.6 cm³/mol. The summed E-state index contributed by atoms with van der Waals surface area (Å²) in [4.78, 5) is 11.4. The van der Waals surface area contributed by atoms with Gasteiger partial charge >= 0.3 is 0 Å². The molecule has 1 unspecified atom stereocenters. The molecular weight excluding hydrogens is 242 g/mol. The first-order valence-corrected chi connectivity index (χ1v) is 6.59. The SMILES string of the molecule is Cc1ccc(C(N)c2cnc3ccccc3n2)s1. The van der Waals surface area contributed by atoms with Gasteiger partial charge in [-0.05, 0) is 31.2 Å². The first kappa shape index (κ1) is 11.3. The molecule has 0 saturated carbocycles. The molecule has 0 radical (unpaired) electrons. The largest absolute Gasteiger partial charge is 0.318 e. The van der Waals surface area contributed by atoms with E-state index < -0.39 is 0 Å². The van der Waals surface area contributed by atoms with Gasteiger partial charge in [0.2, 0.25) is 0 Å². The molecule has 0 saturated heterocycles. The Kier molecular flexibility index (Phi) is 2.81. The molecule has 0 bridgehead atoms. The Hall–Kier alpha value is -1.78. The Bertz CT molecular complexity index is 690. The van der Waals surface area contributed by atoms with E-state index in [1.807, 2.05) is 24.3 Å². The number of hydrogen-bond donors (Lipinski definition) is 1. The summed E-state index contributed by atoms with van der Waals surface area (Å²) in [5, 5.41) is 0. The average Bonchev–Trinajstić information content (AvgIpc) is 2.84. The summed E-state index contributed by atoms with van der Waals surface area (Å²) in [6, 6.07) is 11.8. The smallest absolute Gasteiger partial charge is 0.0891 e. The first-order chi connectivity index (χ1) is 8.74. The minimum absolute atomic E-state index is 0.194. The van der Waals surface area contributed by atoms with Crippen molar-refractivity contribution in [3.8, 4) is 0 Å². The minimum Gasteiger partial charge on any atom is -0.318 e. The summed E-state index contributed by atoms with van der Waals surface area (Å²) in [7, 11) is 0. The van der Waals surface area contributed by atoms with Crippen molar-refractivity contribution in [3.63, 3.8) is 0 Å². The molecular formula is C14H13N3S. The molecule has 1 atom stereocenters. The first-order valence-electron chi connectivity index (χ1n) is 5.77. The van der Waals surface area contributed by atoms with Gasteiger partial charge in [-0.3, -0.25) is 4.98 Å². The summed E-state index contributed by atoms with van der Waals surface area (Å²) in [5.41, 5.74) is 8.83. The van der Waals surface area contributed by atoms with E-state index in [1.165, 1.54) is 4.88 Å². The van der Waals surface area contributed by atoms with E-state index in [0.717, 1.165) is 21.6 Å². The maximum absolute atomic E-state index is 6.23. The van der Waals surface area contributed by atoms with E-state index in [1.54, 1.807) is 17.5 Å². The van der Waals surface area contributed by atoms with E-state index in [2.05, 4.69) is 29.0 Å². The second-order valence-corrected chi connectivity index (χ2v) is 5.53. The molecule has 1 aromatic carbocycles. The minimum atomic E-state index is -0.194. The Morgan fingerprint density at radius 2 is 1.89 bits per heavy atom. The van der Waals surface area contributed by atoms with Crippen LogP contribution in [0.2, 0.25) is 0 Å². The lowest BCUT2D eigenvalue weighted by Crippen LogP contribution is -2.12. The zero-order valence-electron chi connectivity index (χ0n) is 10.00. The van der Waals surface area contributed by atoms with Crippen LogP contribution in [0.3, 0.4) is 0 Å². The molecule has 0 amide bonds. The van der Waals surface area contributed by atoms with Crippen LogP contribution in [0.5, 0.6) is 0 Å². The molecule has 3 aromatic rings. The van der Waals surface area contributed by atoms with E-state index in [0.29, 0.717) is 0 Å². The molecule has 0 aliphatic heterocycles. The van der Waals surface area contributed by atoms with Crippen LogP contribution in [0.4, 0.5) is 0 Å². The summed E-state index contributed by atoms with van der Waals surface area (Å²) in [6.07, 6.45) is 1.77. The van der Waals surface area contributed by atoms with Gasteiger partial charge in [-0.2, -0.15) is 0 Å². The van der Waals surface area contributed by atoms with E-state index in [-0.39, 0.29) is 6.04 Å². The third kappa shape index (κ3) is 2.00. The van der Waals surface area contributed by atoms with Crippen molar-refractivity contribution in [3.05, 3.63) is 58.0 Å². The molecule has 3 nitrogen and oxygen atoms in total. The number of nitrogens with zero attached hydrogens (tertiary/aromatic N) is 2. The van der Waals surface area contributed by atoms with E-state index in [4.69, 9.17) is 5.73 Å². The molecule has 2 N–H and O–H groups in total. The van der Waals surface area contributed by atoms with Crippen molar-refractivity contribution < 1.29 is 0 Å². The summed E-state index contributed by atoms with van der Waals surface area (Å²) in [6.45, 7) is 2.08. The second-order valence-electron chi connectivity index (χ2n) is 4.21. The fourth-order valence-electron chi connectivity index (χ4n) is 1.89. The van der Waals surface area contributed by atoms with Crippen LogP contribution >= 0.6 is 11.3 Å². The molecule has 0 aliphatic carbocycles. The Morgan fingerprint density at radius 1 is 1.11 bits per heavy atom. The number of thiophene rings is 1. The van der Waals surface area contributed by atoms with Crippen molar-refractivity contribution in [2.75, 3.05) is 0 Å². The lowest BCUT2D eigenvalue weighted by Gasteiger charge is -2.09. The van der Waals surface area contributed by atoms with Gasteiger partial charge in [-0.25, -0.2) is 4.98 Å². The molecule has 2 heterocycles. The third-order valence-electron chi connectivity index (χ3n) is 2.85. The van der Waals surface area contributed by atoms with Crippen LogP contribution in [-0.2, 0) is 0 Å². The third-order valence-corrected chi connectivity index (χ3v) is 3.94. The van der Waals surface area contributed by atoms with Gasteiger partial charge in [0.05, 0.1) is 29.0 Å². The van der Waals surface area contributed by atoms with Crippen LogP contribution in [0.1, 0.15) is 21.5 Å². The van der Waals surface area contributed by atoms with Gasteiger partial charge in [0.15, 0.2) is 0 Å². The van der Waals surface area contributed by atoms with Crippen LogP contribution in [0, 0.1) is 6.92 Å². The molecule has 3 rings (SSSR count). The number of nitrogens with two attached hydrogens (primary N) is 1. The maximum atomic E-state index is 6.23. The van der Waals surface area contributed by atoms with Gasteiger partial charge in [-0.15, -0.1) is 11.3 Å². The summed E-state index contributed by atoms with van der Waals surface area (Å²) >= 11 is 1.70. The lowest BCUT2D eigenvalue weighted by atomic mass is 10.2. The highest BCUT2D eigenvalue weighted by molar-refractivity contribution is 7.12. The molecule has 90 valence electrons. The van der Waals surface area contributed by atoms with E-state index >= 15 is 0 Å². The molecule has 0 spiro atoms. The molecule has 18 heavy (non-hydrogen) atoms. The van der Waals surface area contributed by atoms with Gasteiger partial charge in [0.25, 0.3) is 0 Å². The van der Waals surface area contributed by atoms with Gasteiger partial charge in [0.1, 0.15) is 0 Å². The molecule has 0 aliphatic rings. The Morgan fingerprint density at radius 3 is 2.61 bits per heavy atom. The maximum Gasteiger partial charge on any atom is 0.0891 e. The number of benzene rings is 1. The van der Waals surface area contributed by atoms with Crippen molar-refractivity contribution in [1.82, 2.24) is 9.97 Å². The fourth-order valence-corrected chi connectivity index (χ4v) is 2.78. The zero-order valence-corrected chi connectivity index (χ0v) is 10.8. The Labute approximate surface area is 109 Å². The highest BCUT2D eigenvalue weighted by atomic mass is 32.1. The van der Waals surface area contributed by atoms with Crippen LogP contribution in [-0.4, -0.2) is 9.97 Å². The van der Waals surface area contributed by atoms with Crippen molar-refractivity contribution >= 4 is 22.4 Å². The van der Waals surface area contributed by atoms with Crippen molar-refractivity contribution in [2.45, 2.75) is 13.0 Å². The Balaban J connectivity index is 2.03. The number of hydrogen-bond acceptors (Lipinski definition) is 4. The second kappa shape index (κ2) is 4.48. The number of aryl methyl sites for hydroxylation is 1. The zero-order chi connectivity index (χ0) is 12.5. The quantitative estimate of drug-likeness (QED) is 0.765. The molecule has 2 aromatic heterocycles. The molecule has 4 heteroatoms. The van der Waals surface area contributed by atoms with Crippen molar-refractivity contribution in [1.29, 1.82) is 0 Å². The summed E-state index contributed by atoms with van der Waals surface area (Å²) in [5.74, 6) is 0. The number of para-hydroxylation sites is 2. The standard InChI is InChI=1S/C14H13N3S/c1-9-6-7-13(18-9)14(15)12-8-16-10-4-2-3-5-11(10)17-12/h2-8,14H,15H2,1H3. The topological polar surface area (TPSA) is 51.8 Å². The normalized spacial score (nSPS) is 12.8. The number of rotatable bonds is 2. The van der Waals surface area contributed by atoms with Crippen LogP contribution in [0.25, 0.3) is 11.0 Å². The van der Waals surface area contributed by atoms with Crippen LogP contribution in [0.15, 0.2) is 42.6 Å². The van der Waals surface area contributed by atoms with Crippen LogP contribution < -0.4 is 5.73 Å². The lowest BCUT2D eigenvalue weighted by molar-refractivity contribution is 0.846. The van der Waals surface area contributed by atoms with Gasteiger partial charge in [-0.1, -0.05) is 12.1 Å². The number of fused-ring (bicyclic) bond motifs is 1. The predicted octanol–water partition coefficient (Wildman–Crippen LogP) is 3.05. The fraction of sp³-hybridized carbons (Fsp3) is 0.143.